The summed E-state index contributed by atoms with van der Waals surface area (Å²) < 4.78 is 0. The number of benzene rings is 1. The van der Waals surface area contributed by atoms with Crippen LogP contribution in [0.3, 0.4) is 0 Å². The third-order valence-electron chi connectivity index (χ3n) is 3.33. The van der Waals surface area contributed by atoms with E-state index in [1.807, 2.05) is 18.2 Å². The fourth-order valence-corrected chi connectivity index (χ4v) is 2.34. The van der Waals surface area contributed by atoms with E-state index in [0.29, 0.717) is 12.5 Å². The van der Waals surface area contributed by atoms with Gasteiger partial charge in [-0.3, -0.25) is 9.63 Å². The lowest BCUT2D eigenvalue weighted by molar-refractivity contribution is -0.170. The molecule has 0 N–H and O–H groups in total. The molecule has 2 aliphatic rings. The highest BCUT2D eigenvalue weighted by Gasteiger charge is 2.46. The molecule has 1 aliphatic heterocycles. The lowest BCUT2D eigenvalue weighted by atomic mass is 10.1. The number of carbonyl (C=O) groups excluding carboxylic acids is 1. The van der Waals surface area contributed by atoms with Crippen LogP contribution in [-0.2, 0) is 9.63 Å². The van der Waals surface area contributed by atoms with E-state index in [1.165, 1.54) is 5.56 Å². The smallest absolute Gasteiger partial charge is 0.249 e. The zero-order valence-electron chi connectivity index (χ0n) is 9.13. The minimum absolute atomic E-state index is 0.153. The first-order valence-electron chi connectivity index (χ1n) is 5.85. The molecular formula is C13H15NO2. The average Bonchev–Trinajstić information content (AvgIpc) is 2.95. The van der Waals surface area contributed by atoms with Crippen molar-refractivity contribution < 1.29 is 9.63 Å². The largest absolute Gasteiger partial charge is 0.272 e. The second kappa shape index (κ2) is 3.91. The Kier molecular flexibility index (Phi) is 2.40. The van der Waals surface area contributed by atoms with Crippen molar-refractivity contribution in [2.75, 3.05) is 13.2 Å². The van der Waals surface area contributed by atoms with Crippen molar-refractivity contribution in [1.29, 1.82) is 0 Å². The molecule has 2 atom stereocenters. The molecule has 1 aromatic carbocycles. The van der Waals surface area contributed by atoms with Gasteiger partial charge in [0.1, 0.15) is 0 Å². The molecule has 0 spiro atoms. The Labute approximate surface area is 95.0 Å². The maximum atomic E-state index is 12.0. The number of rotatable bonds is 2. The van der Waals surface area contributed by atoms with Gasteiger partial charge in [0.05, 0.1) is 13.2 Å². The molecule has 0 aromatic heterocycles. The van der Waals surface area contributed by atoms with Crippen LogP contribution in [0.2, 0.25) is 0 Å². The summed E-state index contributed by atoms with van der Waals surface area (Å²) in [5, 5.41) is 1.55. The fourth-order valence-electron chi connectivity index (χ4n) is 2.34. The molecule has 1 saturated carbocycles. The molecule has 2 unspecified atom stereocenters. The van der Waals surface area contributed by atoms with Gasteiger partial charge in [-0.15, -0.1) is 0 Å². The predicted molar refractivity (Wildman–Crippen MR) is 59.6 cm³/mol. The van der Waals surface area contributed by atoms with Crippen LogP contribution in [0.5, 0.6) is 0 Å². The van der Waals surface area contributed by atoms with Crippen molar-refractivity contribution in [2.24, 2.45) is 5.92 Å². The zero-order valence-corrected chi connectivity index (χ0v) is 9.13. The van der Waals surface area contributed by atoms with Gasteiger partial charge in [-0.05, 0) is 24.3 Å². The highest BCUT2D eigenvalue weighted by Crippen LogP contribution is 2.48. The first kappa shape index (κ1) is 9.85. The minimum atomic E-state index is 0.153. The summed E-state index contributed by atoms with van der Waals surface area (Å²) in [6.45, 7) is 1.45. The van der Waals surface area contributed by atoms with E-state index in [0.717, 1.165) is 19.4 Å². The zero-order chi connectivity index (χ0) is 11.0. The molecule has 1 amide bonds. The summed E-state index contributed by atoms with van der Waals surface area (Å²) in [6.07, 6.45) is 1.94. The van der Waals surface area contributed by atoms with Crippen LogP contribution in [0.4, 0.5) is 0 Å². The average molecular weight is 217 g/mol. The standard InChI is InChI=1S/C13H15NO2/c15-13(14-7-4-8-16-14)12-9-11(12)10-5-2-1-3-6-10/h1-3,5-6,11-12H,4,7-9H2. The van der Waals surface area contributed by atoms with Crippen molar-refractivity contribution in [1.82, 2.24) is 5.06 Å². The number of hydrogen-bond acceptors (Lipinski definition) is 2. The summed E-state index contributed by atoms with van der Waals surface area (Å²) in [5.41, 5.74) is 1.28. The molecule has 1 saturated heterocycles. The summed E-state index contributed by atoms with van der Waals surface area (Å²) in [4.78, 5) is 17.3. The van der Waals surface area contributed by atoms with Gasteiger partial charge in [0, 0.05) is 5.92 Å². The Bertz CT molecular complexity index is 384. The van der Waals surface area contributed by atoms with Crippen LogP contribution in [-0.4, -0.2) is 24.1 Å². The third-order valence-corrected chi connectivity index (χ3v) is 3.33. The van der Waals surface area contributed by atoms with Crippen molar-refractivity contribution in [3.63, 3.8) is 0 Å². The maximum Gasteiger partial charge on any atom is 0.249 e. The van der Waals surface area contributed by atoms with Gasteiger partial charge in [0.25, 0.3) is 0 Å². The molecule has 0 bridgehead atoms. The molecule has 2 fully saturated rings. The third kappa shape index (κ3) is 1.71. The van der Waals surface area contributed by atoms with Gasteiger partial charge in [0.2, 0.25) is 5.91 Å². The van der Waals surface area contributed by atoms with E-state index in [1.54, 1.807) is 5.06 Å². The number of amides is 1. The highest BCUT2D eigenvalue weighted by molar-refractivity contribution is 5.82. The molecule has 3 heteroatoms. The lowest BCUT2D eigenvalue weighted by Crippen LogP contribution is -2.28. The molecule has 1 aromatic rings. The van der Waals surface area contributed by atoms with Crippen molar-refractivity contribution in [3.8, 4) is 0 Å². The Morgan fingerprint density at radius 3 is 2.81 bits per heavy atom. The Balaban J connectivity index is 1.65. The van der Waals surface area contributed by atoms with Gasteiger partial charge in [-0.2, -0.15) is 0 Å². The van der Waals surface area contributed by atoms with E-state index >= 15 is 0 Å². The van der Waals surface area contributed by atoms with Gasteiger partial charge < -0.3 is 0 Å². The van der Waals surface area contributed by atoms with Gasteiger partial charge in [-0.25, -0.2) is 5.06 Å². The molecular weight excluding hydrogens is 202 g/mol. The monoisotopic (exact) mass is 217 g/mol. The Morgan fingerprint density at radius 1 is 1.31 bits per heavy atom. The summed E-state index contributed by atoms with van der Waals surface area (Å²) in [5.74, 6) is 0.741. The van der Waals surface area contributed by atoms with Crippen LogP contribution in [0.15, 0.2) is 30.3 Å². The summed E-state index contributed by atoms with van der Waals surface area (Å²) in [7, 11) is 0. The number of hydroxylamine groups is 2. The maximum absolute atomic E-state index is 12.0. The lowest BCUT2D eigenvalue weighted by Gasteiger charge is -2.13. The topological polar surface area (TPSA) is 29.5 Å². The van der Waals surface area contributed by atoms with Gasteiger partial charge in [0.15, 0.2) is 0 Å². The van der Waals surface area contributed by atoms with Crippen molar-refractivity contribution >= 4 is 5.91 Å². The second-order valence-electron chi connectivity index (χ2n) is 4.49. The molecule has 1 heterocycles. The molecule has 16 heavy (non-hydrogen) atoms. The van der Waals surface area contributed by atoms with E-state index < -0.39 is 0 Å². The number of hydrogen-bond donors (Lipinski definition) is 0. The second-order valence-corrected chi connectivity index (χ2v) is 4.49. The van der Waals surface area contributed by atoms with Gasteiger partial charge >= 0.3 is 0 Å². The Morgan fingerprint density at radius 2 is 2.12 bits per heavy atom. The van der Waals surface area contributed by atoms with E-state index in [2.05, 4.69) is 12.1 Å². The van der Waals surface area contributed by atoms with Crippen LogP contribution in [0.1, 0.15) is 24.3 Å². The normalized spacial score (nSPS) is 28.1. The molecule has 3 nitrogen and oxygen atoms in total. The summed E-state index contributed by atoms with van der Waals surface area (Å²) >= 11 is 0. The number of carbonyl (C=O) groups is 1. The van der Waals surface area contributed by atoms with Crippen molar-refractivity contribution in [3.05, 3.63) is 35.9 Å². The van der Waals surface area contributed by atoms with Crippen molar-refractivity contribution in [2.45, 2.75) is 18.8 Å². The van der Waals surface area contributed by atoms with Gasteiger partial charge in [-0.1, -0.05) is 30.3 Å². The first-order valence-corrected chi connectivity index (χ1v) is 5.85. The molecule has 3 rings (SSSR count). The van der Waals surface area contributed by atoms with E-state index in [9.17, 15) is 4.79 Å². The molecule has 1 aliphatic carbocycles. The van der Waals surface area contributed by atoms with E-state index in [-0.39, 0.29) is 11.8 Å². The van der Waals surface area contributed by atoms with Crippen LogP contribution < -0.4 is 0 Å². The van der Waals surface area contributed by atoms with Crippen LogP contribution in [0.25, 0.3) is 0 Å². The predicted octanol–water partition coefficient (Wildman–Crippen LogP) is 1.95. The van der Waals surface area contributed by atoms with Crippen LogP contribution >= 0.6 is 0 Å². The van der Waals surface area contributed by atoms with E-state index in [4.69, 9.17) is 4.84 Å². The highest BCUT2D eigenvalue weighted by atomic mass is 16.7. The Hall–Kier alpha value is -1.35. The van der Waals surface area contributed by atoms with Crippen LogP contribution in [0, 0.1) is 5.92 Å². The first-order chi connectivity index (χ1) is 7.86. The quantitative estimate of drug-likeness (QED) is 0.757. The SMILES string of the molecule is O=C(C1CC1c1ccccc1)N1CCCO1. The molecule has 84 valence electrons. The summed E-state index contributed by atoms with van der Waals surface area (Å²) in [6, 6.07) is 10.3. The number of nitrogens with zero attached hydrogens (tertiary/aromatic N) is 1. The minimum Gasteiger partial charge on any atom is -0.272 e. The fraction of sp³-hybridized carbons (Fsp3) is 0.462. The molecule has 0 radical (unpaired) electrons.